The lowest BCUT2D eigenvalue weighted by molar-refractivity contribution is 0.0548. The van der Waals surface area contributed by atoms with E-state index in [1.807, 2.05) is 5.32 Å². The molecule has 11 heteroatoms. The van der Waals surface area contributed by atoms with E-state index in [-0.39, 0.29) is 4.90 Å². The minimum absolute atomic E-state index is 0.270. The molecule has 0 saturated carbocycles. The van der Waals surface area contributed by atoms with Gasteiger partial charge in [-0.25, -0.2) is 27.3 Å². The minimum Gasteiger partial charge on any atom is -0.364 e. The Labute approximate surface area is 160 Å². The first kappa shape index (κ1) is 20.9. The van der Waals surface area contributed by atoms with Crippen LogP contribution in [-0.2, 0) is 4.74 Å². The van der Waals surface area contributed by atoms with Gasteiger partial charge in [-0.05, 0) is 18.2 Å². The number of nitrogens with one attached hydrogen (secondary N) is 1. The predicted molar refractivity (Wildman–Crippen MR) is 89.8 cm³/mol. The highest BCUT2D eigenvalue weighted by Crippen LogP contribution is 2.31. The summed E-state index contributed by atoms with van der Waals surface area (Å²) < 4.78 is 59.7. The van der Waals surface area contributed by atoms with E-state index < -0.39 is 63.2 Å². The lowest BCUT2D eigenvalue weighted by atomic mass is 10.1. The summed E-state index contributed by atoms with van der Waals surface area (Å²) in [5, 5.41) is 0.345. The zero-order valence-corrected chi connectivity index (χ0v) is 15.0. The summed E-state index contributed by atoms with van der Waals surface area (Å²) >= 11 is 11.0. The molecule has 5 nitrogen and oxygen atoms in total. The Morgan fingerprint density at radius 3 is 2.26 bits per heavy atom. The first-order valence-corrected chi connectivity index (χ1v) is 7.83. The first-order valence-electron chi connectivity index (χ1n) is 7.07. The van der Waals surface area contributed by atoms with Gasteiger partial charge in [0.15, 0.2) is 11.6 Å². The highest BCUT2D eigenvalue weighted by Gasteiger charge is 2.29. The van der Waals surface area contributed by atoms with Crippen molar-refractivity contribution in [2.75, 3.05) is 19.2 Å². The molecule has 0 bridgehead atoms. The smallest absolute Gasteiger partial charge is 0.330 e. The number of urea groups is 1. The predicted octanol–water partition coefficient (Wildman–Crippen LogP) is 4.83. The number of anilines is 1. The summed E-state index contributed by atoms with van der Waals surface area (Å²) in [6.07, 6.45) is 0. The van der Waals surface area contributed by atoms with Crippen LogP contribution < -0.4 is 5.32 Å². The van der Waals surface area contributed by atoms with Crippen molar-refractivity contribution in [3.8, 4) is 0 Å². The van der Waals surface area contributed by atoms with Gasteiger partial charge in [-0.15, -0.1) is 0 Å². The van der Waals surface area contributed by atoms with Crippen molar-refractivity contribution in [1.29, 1.82) is 0 Å². The van der Waals surface area contributed by atoms with E-state index in [1.54, 1.807) is 0 Å². The molecule has 0 aromatic heterocycles. The van der Waals surface area contributed by atoms with Gasteiger partial charge in [0.05, 0.1) is 10.7 Å². The molecule has 3 amide bonds. The van der Waals surface area contributed by atoms with Crippen LogP contribution in [0.4, 0.5) is 28.0 Å². The zero-order valence-electron chi connectivity index (χ0n) is 13.5. The maximum Gasteiger partial charge on any atom is 0.330 e. The van der Waals surface area contributed by atoms with Crippen molar-refractivity contribution in [1.82, 2.24) is 4.90 Å². The Morgan fingerprint density at radius 1 is 1.11 bits per heavy atom. The number of hydrogen-bond acceptors (Lipinski definition) is 3. The minimum atomic E-state index is -1.38. The van der Waals surface area contributed by atoms with Gasteiger partial charge in [0.1, 0.15) is 29.0 Å². The molecule has 2 aromatic rings. The first-order chi connectivity index (χ1) is 12.7. The zero-order chi connectivity index (χ0) is 20.3. The number of rotatable bonds is 4. The van der Waals surface area contributed by atoms with Crippen molar-refractivity contribution in [3.63, 3.8) is 0 Å². The van der Waals surface area contributed by atoms with Crippen molar-refractivity contribution in [2.45, 2.75) is 0 Å². The molecule has 1 N–H and O–H groups in total. The number of methoxy groups -OCH3 is 1. The number of ether oxygens (including phenoxy) is 1. The van der Waals surface area contributed by atoms with Gasteiger partial charge in [0, 0.05) is 7.11 Å². The van der Waals surface area contributed by atoms with E-state index in [2.05, 4.69) is 4.74 Å². The number of imide groups is 1. The lowest BCUT2D eigenvalue weighted by Gasteiger charge is -2.21. The van der Waals surface area contributed by atoms with Crippen LogP contribution in [0.25, 0.3) is 0 Å². The Bertz CT molecular complexity index is 891. The maximum absolute atomic E-state index is 14.0. The lowest BCUT2D eigenvalue weighted by Crippen LogP contribution is -2.42. The van der Waals surface area contributed by atoms with E-state index in [0.717, 1.165) is 31.4 Å². The molecule has 27 heavy (non-hydrogen) atoms. The third-order valence-electron chi connectivity index (χ3n) is 3.27. The van der Waals surface area contributed by atoms with Crippen LogP contribution in [0, 0.1) is 23.3 Å². The van der Waals surface area contributed by atoms with Gasteiger partial charge in [-0.2, -0.15) is 0 Å². The average Bonchev–Trinajstić information content (AvgIpc) is 2.62. The van der Waals surface area contributed by atoms with E-state index in [0.29, 0.717) is 0 Å². The van der Waals surface area contributed by atoms with Gasteiger partial charge in [0.2, 0.25) is 0 Å². The fourth-order valence-electron chi connectivity index (χ4n) is 2.02. The molecular weight excluding hydrogens is 415 g/mol. The second-order valence-corrected chi connectivity index (χ2v) is 5.81. The van der Waals surface area contributed by atoms with Gasteiger partial charge < -0.3 is 10.1 Å². The maximum atomic E-state index is 14.0. The topological polar surface area (TPSA) is 58.6 Å². The van der Waals surface area contributed by atoms with Crippen LogP contribution in [0.3, 0.4) is 0 Å². The standard InChI is InChI=1S/C16H10Cl2F4N2O3/c1-27-6-24(15(25)11-8(19)3-2-4-9(11)20)16(26)23-10-5-7(17)13(21)12(18)14(10)22/h2-5H,6H2,1H3,(H,23,26). The van der Waals surface area contributed by atoms with Crippen LogP contribution in [0.15, 0.2) is 24.3 Å². The Kier molecular flexibility index (Phi) is 6.63. The number of nitrogens with zero attached hydrogens (tertiary/aromatic N) is 1. The summed E-state index contributed by atoms with van der Waals surface area (Å²) in [4.78, 5) is 25.0. The largest absolute Gasteiger partial charge is 0.364 e. The van der Waals surface area contributed by atoms with Gasteiger partial charge in [0.25, 0.3) is 5.91 Å². The molecule has 0 fully saturated rings. The summed E-state index contributed by atoms with van der Waals surface area (Å²) in [6, 6.07) is 2.06. The SMILES string of the molecule is COCN(C(=O)Nc1cc(Cl)c(F)c(Cl)c1F)C(=O)c1c(F)cccc1F. The van der Waals surface area contributed by atoms with E-state index in [9.17, 15) is 27.2 Å². The molecule has 2 rings (SSSR count). The molecule has 0 unspecified atom stereocenters. The van der Waals surface area contributed by atoms with Gasteiger partial charge in [-0.3, -0.25) is 4.79 Å². The second-order valence-electron chi connectivity index (χ2n) is 5.03. The van der Waals surface area contributed by atoms with Crippen molar-refractivity contribution in [2.24, 2.45) is 0 Å². The molecular formula is C16H10Cl2F4N2O3. The average molecular weight is 425 g/mol. The number of hydrogen-bond donors (Lipinski definition) is 1. The summed E-state index contributed by atoms with van der Waals surface area (Å²) in [5.74, 6) is -6.41. The number of carbonyl (C=O) groups is 2. The van der Waals surface area contributed by atoms with Crippen LogP contribution in [0.2, 0.25) is 10.0 Å². The third kappa shape index (κ3) is 4.32. The highest BCUT2D eigenvalue weighted by molar-refractivity contribution is 6.35. The highest BCUT2D eigenvalue weighted by atomic mass is 35.5. The fourth-order valence-corrected chi connectivity index (χ4v) is 2.48. The molecule has 0 spiro atoms. The molecule has 0 aliphatic rings. The van der Waals surface area contributed by atoms with Crippen molar-refractivity contribution < 1.29 is 31.9 Å². The number of halogens is 6. The van der Waals surface area contributed by atoms with Crippen LogP contribution >= 0.6 is 23.2 Å². The molecule has 0 heterocycles. The Balaban J connectivity index is 2.38. The van der Waals surface area contributed by atoms with E-state index in [4.69, 9.17) is 23.2 Å². The normalized spacial score (nSPS) is 10.6. The van der Waals surface area contributed by atoms with Crippen molar-refractivity contribution in [3.05, 3.63) is 63.1 Å². The fraction of sp³-hybridized carbons (Fsp3) is 0.125. The number of amides is 3. The molecule has 0 aliphatic heterocycles. The van der Waals surface area contributed by atoms with Crippen LogP contribution in [0.5, 0.6) is 0 Å². The Morgan fingerprint density at radius 2 is 1.70 bits per heavy atom. The summed E-state index contributed by atoms with van der Waals surface area (Å²) in [6.45, 7) is -0.720. The van der Waals surface area contributed by atoms with E-state index >= 15 is 0 Å². The van der Waals surface area contributed by atoms with E-state index in [1.165, 1.54) is 0 Å². The quantitative estimate of drug-likeness (QED) is 0.331. The van der Waals surface area contributed by atoms with Crippen LogP contribution in [0.1, 0.15) is 10.4 Å². The molecule has 144 valence electrons. The summed E-state index contributed by atoms with van der Waals surface area (Å²) in [5.41, 5.74) is -1.67. The van der Waals surface area contributed by atoms with Gasteiger partial charge >= 0.3 is 6.03 Å². The second kappa shape index (κ2) is 8.55. The molecule has 0 saturated heterocycles. The molecule has 0 atom stereocenters. The number of carbonyl (C=O) groups excluding carboxylic acids is 2. The van der Waals surface area contributed by atoms with Crippen molar-refractivity contribution >= 4 is 40.8 Å². The Hall–Kier alpha value is -2.36. The molecule has 0 radical (unpaired) electrons. The number of benzene rings is 2. The van der Waals surface area contributed by atoms with Crippen LogP contribution in [-0.4, -0.2) is 30.7 Å². The summed E-state index contributed by atoms with van der Waals surface area (Å²) in [7, 11) is 1.11. The molecule has 2 aromatic carbocycles. The monoisotopic (exact) mass is 424 g/mol. The van der Waals surface area contributed by atoms with Gasteiger partial charge in [-0.1, -0.05) is 29.3 Å². The third-order valence-corrected chi connectivity index (χ3v) is 3.88. The molecule has 0 aliphatic carbocycles.